The molecule has 2 nitrogen and oxygen atoms in total. The molecule has 0 unspecified atom stereocenters. The van der Waals surface area contributed by atoms with Crippen molar-refractivity contribution in [1.29, 1.82) is 0 Å². The molecular weight excluding hydrogens is 246 g/mol. The molecule has 0 aliphatic heterocycles. The number of rotatable bonds is 1. The minimum absolute atomic E-state index is 0. The van der Waals surface area contributed by atoms with Crippen LogP contribution in [0, 0.1) is 0 Å². The summed E-state index contributed by atoms with van der Waals surface area (Å²) >= 11 is 0. The molecule has 0 fully saturated rings. The summed E-state index contributed by atoms with van der Waals surface area (Å²) in [6, 6.07) is 0. The van der Waals surface area contributed by atoms with Crippen LogP contribution in [0.1, 0.15) is 0 Å². The number of halogens is 2. The van der Waals surface area contributed by atoms with Crippen LogP contribution >= 0.6 is 0 Å². The van der Waals surface area contributed by atoms with Crippen LogP contribution in [-0.4, -0.2) is 47.3 Å². The second-order valence-corrected chi connectivity index (χ2v) is 0.447. The summed E-state index contributed by atoms with van der Waals surface area (Å²) in [6.07, 6.45) is 0. The summed E-state index contributed by atoms with van der Waals surface area (Å²) in [5.74, 6) is 0. The first kappa shape index (κ1) is 23.9. The van der Waals surface area contributed by atoms with Crippen molar-refractivity contribution in [2.45, 2.75) is 0 Å². The average molecular weight is 252 g/mol. The number of hydrogen-bond donors (Lipinski definition) is 2. The van der Waals surface area contributed by atoms with Crippen LogP contribution in [0.5, 0.6) is 0 Å². The molecule has 44 valence electrons. The molecular formula is C2H6Cl2O2Sn. The van der Waals surface area contributed by atoms with Gasteiger partial charge in [-0.15, -0.1) is 0 Å². The van der Waals surface area contributed by atoms with Gasteiger partial charge in [-0.25, -0.2) is 0 Å². The molecule has 0 bridgehead atoms. The zero-order valence-corrected chi connectivity index (χ0v) is 7.93. The Bertz CT molecular complexity index is 15.7. The van der Waals surface area contributed by atoms with Crippen LogP contribution < -0.4 is 24.8 Å². The van der Waals surface area contributed by atoms with E-state index in [9.17, 15) is 0 Å². The summed E-state index contributed by atoms with van der Waals surface area (Å²) in [5, 5.41) is 15.2. The molecule has 0 aromatic rings. The average Bonchev–Trinajstić information content (AvgIpc) is 1.37. The van der Waals surface area contributed by atoms with E-state index < -0.39 is 0 Å². The van der Waals surface area contributed by atoms with E-state index in [1.54, 1.807) is 0 Å². The molecule has 0 aliphatic carbocycles. The van der Waals surface area contributed by atoms with Gasteiger partial charge in [-0.2, -0.15) is 0 Å². The molecule has 0 spiro atoms. The molecule has 0 amide bonds. The van der Waals surface area contributed by atoms with E-state index in [1.165, 1.54) is 0 Å². The standard InChI is InChI=1S/C2H6O2.2ClH.Sn/c3-1-2-4;;;/h3-4H,1-2H2;2*1H;/q;;;+2/p-2. The zero-order chi connectivity index (χ0) is 3.41. The molecule has 2 N–H and O–H groups in total. The molecule has 0 rings (SSSR count). The molecule has 0 aromatic carbocycles. The zero-order valence-electron chi connectivity index (χ0n) is 3.56. The third kappa shape index (κ3) is 38.8. The molecule has 0 atom stereocenters. The summed E-state index contributed by atoms with van der Waals surface area (Å²) < 4.78 is 0. The summed E-state index contributed by atoms with van der Waals surface area (Å²) in [7, 11) is 0. The molecule has 2 radical (unpaired) electrons. The van der Waals surface area contributed by atoms with Crippen molar-refractivity contribution in [3.8, 4) is 0 Å². The summed E-state index contributed by atoms with van der Waals surface area (Å²) in [6.45, 7) is -0.250. The molecule has 0 saturated carbocycles. The maximum atomic E-state index is 7.62. The Hall–Kier alpha value is 1.30. The summed E-state index contributed by atoms with van der Waals surface area (Å²) in [4.78, 5) is 0. The molecule has 0 heterocycles. The van der Waals surface area contributed by atoms with E-state index in [2.05, 4.69) is 0 Å². The van der Waals surface area contributed by atoms with Gasteiger partial charge in [-0.1, -0.05) is 0 Å². The van der Waals surface area contributed by atoms with Gasteiger partial charge in [0.05, 0.1) is 13.2 Å². The van der Waals surface area contributed by atoms with Crippen LogP contribution in [0.2, 0.25) is 0 Å². The van der Waals surface area contributed by atoms with E-state index in [0.717, 1.165) is 0 Å². The SMILES string of the molecule is OCCO.[Cl-].[Cl-].[Sn+2]. The van der Waals surface area contributed by atoms with Crippen molar-refractivity contribution in [3.63, 3.8) is 0 Å². The second-order valence-electron chi connectivity index (χ2n) is 0.447. The Labute approximate surface area is 72.1 Å². The van der Waals surface area contributed by atoms with Gasteiger partial charge in [-0.05, 0) is 0 Å². The van der Waals surface area contributed by atoms with E-state index in [0.29, 0.717) is 0 Å². The van der Waals surface area contributed by atoms with E-state index in [-0.39, 0.29) is 61.9 Å². The number of hydrogen-bond acceptors (Lipinski definition) is 2. The first-order valence-corrected chi connectivity index (χ1v) is 1.13. The van der Waals surface area contributed by atoms with Crippen molar-refractivity contribution in [1.82, 2.24) is 0 Å². The Kier molecular flexibility index (Phi) is 90.9. The normalized spacial score (nSPS) is 4.29. The Balaban J connectivity index is -0.0000000150. The first-order valence-electron chi connectivity index (χ1n) is 1.13. The largest absolute Gasteiger partial charge is 2.00 e. The van der Waals surface area contributed by atoms with Crippen LogP contribution in [0.15, 0.2) is 0 Å². The number of aliphatic hydroxyl groups excluding tert-OH is 2. The van der Waals surface area contributed by atoms with Gasteiger partial charge in [0.2, 0.25) is 0 Å². The van der Waals surface area contributed by atoms with Crippen LogP contribution in [0.25, 0.3) is 0 Å². The molecule has 7 heavy (non-hydrogen) atoms. The van der Waals surface area contributed by atoms with Crippen LogP contribution in [0.4, 0.5) is 0 Å². The predicted molar refractivity (Wildman–Crippen MR) is 19.9 cm³/mol. The van der Waals surface area contributed by atoms with E-state index in [1.807, 2.05) is 0 Å². The van der Waals surface area contributed by atoms with Crippen molar-refractivity contribution in [3.05, 3.63) is 0 Å². The Morgan fingerprint density at radius 3 is 1.00 bits per heavy atom. The fraction of sp³-hybridized carbons (Fsp3) is 1.00. The van der Waals surface area contributed by atoms with Gasteiger partial charge in [0, 0.05) is 0 Å². The van der Waals surface area contributed by atoms with Crippen LogP contribution in [-0.2, 0) is 0 Å². The fourth-order valence-electron chi connectivity index (χ4n) is 0. The minimum atomic E-state index is -0.125. The quantitative estimate of drug-likeness (QED) is 0.455. The smallest absolute Gasteiger partial charge is 1.00 e. The van der Waals surface area contributed by atoms with Crippen molar-refractivity contribution >= 4 is 23.9 Å². The first-order chi connectivity index (χ1) is 1.91. The van der Waals surface area contributed by atoms with Gasteiger partial charge in [-0.3, -0.25) is 0 Å². The fourth-order valence-corrected chi connectivity index (χ4v) is 0. The molecule has 0 saturated heterocycles. The summed E-state index contributed by atoms with van der Waals surface area (Å²) in [5.41, 5.74) is 0. The predicted octanol–water partition coefficient (Wildman–Crippen LogP) is -7.40. The maximum Gasteiger partial charge on any atom is 2.00 e. The molecule has 0 aliphatic rings. The Morgan fingerprint density at radius 1 is 0.857 bits per heavy atom. The second kappa shape index (κ2) is 26.6. The van der Waals surface area contributed by atoms with Crippen molar-refractivity contribution in [2.75, 3.05) is 13.2 Å². The Morgan fingerprint density at radius 2 is 1.00 bits per heavy atom. The third-order valence-electron chi connectivity index (χ3n) is 0.1000. The topological polar surface area (TPSA) is 40.5 Å². The number of aliphatic hydroxyl groups is 2. The maximum absolute atomic E-state index is 7.62. The monoisotopic (exact) mass is 252 g/mol. The van der Waals surface area contributed by atoms with Gasteiger partial charge in [0.1, 0.15) is 0 Å². The van der Waals surface area contributed by atoms with Crippen molar-refractivity contribution < 1.29 is 35.0 Å². The van der Waals surface area contributed by atoms with Crippen LogP contribution in [0.3, 0.4) is 0 Å². The van der Waals surface area contributed by atoms with Gasteiger partial charge >= 0.3 is 23.9 Å². The minimum Gasteiger partial charge on any atom is -1.00 e. The van der Waals surface area contributed by atoms with E-state index in [4.69, 9.17) is 10.2 Å². The molecule has 0 aromatic heterocycles. The van der Waals surface area contributed by atoms with Gasteiger partial charge in [0.15, 0.2) is 0 Å². The van der Waals surface area contributed by atoms with E-state index >= 15 is 0 Å². The van der Waals surface area contributed by atoms with Crippen molar-refractivity contribution in [2.24, 2.45) is 0 Å². The van der Waals surface area contributed by atoms with Gasteiger partial charge < -0.3 is 35.0 Å². The van der Waals surface area contributed by atoms with Gasteiger partial charge in [0.25, 0.3) is 0 Å². The molecule has 5 heteroatoms. The third-order valence-corrected chi connectivity index (χ3v) is 0.1000.